The van der Waals surface area contributed by atoms with Crippen molar-refractivity contribution in [2.75, 3.05) is 63.9 Å². The molecule has 2 aromatic heterocycles. The Morgan fingerprint density at radius 1 is 0.892 bits per heavy atom. The summed E-state index contributed by atoms with van der Waals surface area (Å²) in [7, 11) is 5.31. The van der Waals surface area contributed by atoms with Gasteiger partial charge in [0.2, 0.25) is 0 Å². The Morgan fingerprint density at radius 3 is 2.05 bits per heavy atom. The second kappa shape index (κ2) is 19.7. The van der Waals surface area contributed by atoms with Gasteiger partial charge in [-0.1, -0.05) is 38.1 Å². The van der Waals surface area contributed by atoms with Gasteiger partial charge in [-0.25, -0.2) is 9.78 Å². The van der Waals surface area contributed by atoms with Crippen LogP contribution in [0.5, 0.6) is 17.5 Å². The molecule has 2 unspecified atom stereocenters. The highest BCUT2D eigenvalue weighted by Gasteiger charge is 2.44. The van der Waals surface area contributed by atoms with Gasteiger partial charge in [-0.2, -0.15) is 23.1 Å². The standard InChI is InChI=1S/C50H66F3N7O5/c1-31(2)39-25-41-42(54-47(64-30-36-12-11-21-57(36)8)56-46(41)60-23-22-58(27-33(60)4)48(61)65-49(5,6)7)26-40(39)45-44(50(51,52)53)32(3)24-43(55-45)59(28-34-13-17-37(62-9)18-14-34)29-35-15-19-38(63-10)20-16-35/h13-20,24,31,33,36,39-40H,11-12,21-23,25-30H2,1-10H3/t33-,36-,39?,40?/m0/s1. The SMILES string of the molecule is COc1ccc(CN(Cc2ccc(OC)cc2)c2cc(C)c(C(F)(F)F)c(C3Cc4nc(OC[C@@H]5CCCN5C)nc(N5CCN(C(=O)OC(C)(C)C)C[C@@H]5C)c4CC3C(C)C)n2)cc1. The number of anilines is 2. The van der Waals surface area contributed by atoms with Gasteiger partial charge in [-0.05, 0) is 133 Å². The average molecular weight is 902 g/mol. The molecule has 2 aromatic carbocycles. The molecule has 352 valence electrons. The van der Waals surface area contributed by atoms with Gasteiger partial charge >= 0.3 is 18.3 Å². The molecule has 2 aliphatic heterocycles. The molecular weight excluding hydrogens is 836 g/mol. The molecule has 1 aliphatic carbocycles. The number of likely N-dealkylation sites (tertiary alicyclic amines) is 1. The summed E-state index contributed by atoms with van der Waals surface area (Å²) in [5.74, 6) is 1.71. The topological polar surface area (TPSA) is 106 Å². The Bertz CT molecular complexity index is 2220. The van der Waals surface area contributed by atoms with E-state index in [9.17, 15) is 4.79 Å². The van der Waals surface area contributed by atoms with E-state index in [0.29, 0.717) is 74.6 Å². The number of carbonyl (C=O) groups is 1. The minimum absolute atomic E-state index is 0.0159. The number of carbonyl (C=O) groups excluding carboxylic acids is 1. The summed E-state index contributed by atoms with van der Waals surface area (Å²) < 4.78 is 69.6. The number of aromatic nitrogens is 3. The third kappa shape index (κ3) is 11.2. The molecule has 12 nitrogen and oxygen atoms in total. The summed E-state index contributed by atoms with van der Waals surface area (Å²) in [5.41, 5.74) is 2.30. The van der Waals surface area contributed by atoms with Crippen LogP contribution in [0, 0.1) is 18.8 Å². The first-order valence-electron chi connectivity index (χ1n) is 22.9. The summed E-state index contributed by atoms with van der Waals surface area (Å²) in [6, 6.07) is 17.2. The fourth-order valence-corrected chi connectivity index (χ4v) is 9.64. The zero-order valence-electron chi connectivity index (χ0n) is 39.7. The fourth-order valence-electron chi connectivity index (χ4n) is 9.64. The lowest BCUT2D eigenvalue weighted by molar-refractivity contribution is -0.139. The van der Waals surface area contributed by atoms with Gasteiger partial charge < -0.3 is 38.5 Å². The number of benzene rings is 2. The fraction of sp³-hybridized carbons (Fsp3) is 0.560. The van der Waals surface area contributed by atoms with Crippen molar-refractivity contribution in [2.45, 2.75) is 117 Å². The minimum Gasteiger partial charge on any atom is -0.497 e. The molecule has 1 amide bonds. The number of nitrogens with zero attached hydrogens (tertiary/aromatic N) is 7. The first kappa shape index (κ1) is 47.6. The van der Waals surface area contributed by atoms with Crippen LogP contribution in [0.1, 0.15) is 99.5 Å². The number of amides is 1. The van der Waals surface area contributed by atoms with Crippen molar-refractivity contribution in [3.8, 4) is 17.5 Å². The molecule has 3 aliphatic rings. The summed E-state index contributed by atoms with van der Waals surface area (Å²) in [6.45, 7) is 16.8. The van der Waals surface area contributed by atoms with Crippen LogP contribution in [0.15, 0.2) is 54.6 Å². The summed E-state index contributed by atoms with van der Waals surface area (Å²) >= 11 is 0. The van der Waals surface area contributed by atoms with E-state index >= 15 is 13.2 Å². The Labute approximate surface area is 382 Å². The number of hydrogen-bond acceptors (Lipinski definition) is 11. The van der Waals surface area contributed by atoms with Crippen LogP contribution < -0.4 is 24.0 Å². The molecule has 4 heterocycles. The van der Waals surface area contributed by atoms with Crippen LogP contribution in [0.3, 0.4) is 0 Å². The van der Waals surface area contributed by atoms with E-state index in [0.717, 1.165) is 36.1 Å². The van der Waals surface area contributed by atoms with Crippen LogP contribution in [0.4, 0.5) is 29.6 Å². The van der Waals surface area contributed by atoms with E-state index in [1.54, 1.807) is 32.1 Å². The maximum absolute atomic E-state index is 15.6. The molecule has 2 fully saturated rings. The number of piperazine rings is 1. The number of ether oxygens (including phenoxy) is 4. The van der Waals surface area contributed by atoms with Gasteiger partial charge in [0.25, 0.3) is 0 Å². The van der Waals surface area contributed by atoms with Gasteiger partial charge in [-0.3, -0.25) is 0 Å². The number of alkyl halides is 3. The van der Waals surface area contributed by atoms with Crippen molar-refractivity contribution in [3.63, 3.8) is 0 Å². The van der Waals surface area contributed by atoms with Crippen LogP contribution in [-0.4, -0.2) is 103 Å². The Balaban J connectivity index is 1.31. The largest absolute Gasteiger partial charge is 0.497 e. The quantitative estimate of drug-likeness (QED) is 0.128. The second-order valence-corrected chi connectivity index (χ2v) is 19.3. The summed E-state index contributed by atoms with van der Waals surface area (Å²) in [4.78, 5) is 36.6. The molecule has 4 atom stereocenters. The van der Waals surface area contributed by atoms with E-state index in [1.807, 2.05) is 74.2 Å². The minimum atomic E-state index is -4.66. The van der Waals surface area contributed by atoms with Crippen molar-refractivity contribution in [3.05, 3.63) is 93.8 Å². The number of pyridine rings is 1. The lowest BCUT2D eigenvalue weighted by atomic mass is 9.70. The molecule has 0 N–H and O–H groups in total. The smallest absolute Gasteiger partial charge is 0.418 e. The number of fused-ring (bicyclic) bond motifs is 1. The van der Waals surface area contributed by atoms with E-state index < -0.39 is 23.3 Å². The van der Waals surface area contributed by atoms with Crippen molar-refractivity contribution in [2.24, 2.45) is 11.8 Å². The number of halogens is 3. The predicted molar refractivity (Wildman–Crippen MR) is 246 cm³/mol. The molecule has 2 saturated heterocycles. The van der Waals surface area contributed by atoms with Crippen LogP contribution in [0.25, 0.3) is 0 Å². The van der Waals surface area contributed by atoms with E-state index in [1.165, 1.54) is 0 Å². The maximum atomic E-state index is 15.6. The zero-order valence-corrected chi connectivity index (χ0v) is 39.7. The molecule has 65 heavy (non-hydrogen) atoms. The van der Waals surface area contributed by atoms with Crippen molar-refractivity contribution < 1.29 is 36.9 Å². The number of aryl methyl sites for hydroxylation is 1. The van der Waals surface area contributed by atoms with E-state index in [-0.39, 0.29) is 53.7 Å². The number of rotatable bonds is 13. The Morgan fingerprint density at radius 2 is 1.52 bits per heavy atom. The summed E-state index contributed by atoms with van der Waals surface area (Å²) in [5, 5.41) is 0. The van der Waals surface area contributed by atoms with Crippen molar-refractivity contribution in [1.29, 1.82) is 0 Å². The predicted octanol–water partition coefficient (Wildman–Crippen LogP) is 9.50. The molecule has 15 heteroatoms. The number of methoxy groups -OCH3 is 2. The number of likely N-dealkylation sites (N-methyl/N-ethyl adjacent to an activating group) is 1. The molecule has 7 rings (SSSR count). The average Bonchev–Trinajstić information content (AvgIpc) is 3.67. The second-order valence-electron chi connectivity index (χ2n) is 19.3. The molecule has 0 radical (unpaired) electrons. The highest BCUT2D eigenvalue weighted by Crippen LogP contribution is 2.48. The van der Waals surface area contributed by atoms with E-state index in [4.69, 9.17) is 33.9 Å². The van der Waals surface area contributed by atoms with Gasteiger partial charge in [0.15, 0.2) is 0 Å². The van der Waals surface area contributed by atoms with Crippen molar-refractivity contribution in [1.82, 2.24) is 24.8 Å². The highest BCUT2D eigenvalue weighted by molar-refractivity contribution is 5.69. The first-order valence-corrected chi connectivity index (χ1v) is 22.9. The first-order chi connectivity index (χ1) is 30.8. The maximum Gasteiger partial charge on any atom is 0.418 e. The molecule has 0 saturated carbocycles. The van der Waals surface area contributed by atoms with Gasteiger partial charge in [0.05, 0.1) is 31.2 Å². The number of hydrogen-bond donors (Lipinski definition) is 0. The lowest BCUT2D eigenvalue weighted by Gasteiger charge is -2.43. The normalized spacial score (nSPS) is 20.5. The Kier molecular flexibility index (Phi) is 14.4. The lowest BCUT2D eigenvalue weighted by Crippen LogP contribution is -2.55. The highest BCUT2D eigenvalue weighted by atomic mass is 19.4. The van der Waals surface area contributed by atoms with Gasteiger partial charge in [-0.15, -0.1) is 0 Å². The van der Waals surface area contributed by atoms with Crippen LogP contribution in [0.2, 0.25) is 0 Å². The van der Waals surface area contributed by atoms with Crippen molar-refractivity contribution >= 4 is 17.7 Å². The molecule has 0 bridgehead atoms. The third-order valence-corrected chi connectivity index (χ3v) is 13.2. The van der Waals surface area contributed by atoms with E-state index in [2.05, 4.69) is 37.6 Å². The summed E-state index contributed by atoms with van der Waals surface area (Å²) in [6.07, 6.45) is -2.30. The van der Waals surface area contributed by atoms with Gasteiger partial charge in [0, 0.05) is 56.3 Å². The van der Waals surface area contributed by atoms with Crippen LogP contribution in [-0.2, 0) is 36.8 Å². The molecule has 0 spiro atoms. The molecule has 4 aromatic rings. The Hall–Kier alpha value is -5.31. The van der Waals surface area contributed by atoms with Gasteiger partial charge in [0.1, 0.15) is 35.3 Å². The monoisotopic (exact) mass is 902 g/mol. The third-order valence-electron chi connectivity index (χ3n) is 13.2. The van der Waals surface area contributed by atoms with Crippen LogP contribution >= 0.6 is 0 Å². The molecular formula is C50H66F3N7O5. The zero-order chi connectivity index (χ0) is 46.8.